The van der Waals surface area contributed by atoms with E-state index < -0.39 is 0 Å². The summed E-state index contributed by atoms with van der Waals surface area (Å²) in [5.74, 6) is 0.752. The predicted octanol–water partition coefficient (Wildman–Crippen LogP) is 0.00480. The van der Waals surface area contributed by atoms with Gasteiger partial charge in [-0.15, -0.1) is 0 Å². The molecule has 0 amide bonds. The summed E-state index contributed by atoms with van der Waals surface area (Å²) in [5.41, 5.74) is 0. The maximum absolute atomic E-state index is 2.58. The fourth-order valence-electron chi connectivity index (χ4n) is 3.08. The molecule has 0 atom stereocenters. The molecule has 4 heterocycles. The van der Waals surface area contributed by atoms with Crippen molar-refractivity contribution in [1.82, 2.24) is 19.6 Å². The lowest BCUT2D eigenvalue weighted by atomic mass is 10.1. The van der Waals surface area contributed by atoms with Crippen molar-refractivity contribution < 1.29 is 0 Å². The van der Waals surface area contributed by atoms with Gasteiger partial charge in [-0.2, -0.15) is 0 Å². The molecule has 4 aliphatic rings. The number of hydrogen-bond acceptors (Lipinski definition) is 4. The van der Waals surface area contributed by atoms with E-state index in [2.05, 4.69) is 33.4 Å². The van der Waals surface area contributed by atoms with Gasteiger partial charge in [-0.1, -0.05) is 13.8 Å². The maximum Gasteiger partial charge on any atom is 0.0690 e. The van der Waals surface area contributed by atoms with Crippen LogP contribution in [0.2, 0.25) is 0 Å². The molecule has 0 aromatic heterocycles. The number of hydrogen-bond donors (Lipinski definition) is 0. The molecular formula is C9H18N4. The summed E-state index contributed by atoms with van der Waals surface area (Å²) in [4.78, 5) is 10.2. The molecule has 13 heavy (non-hydrogen) atoms. The standard InChI is InChI=1S/C9H18N4/c1-8(2)9-12-4-10-3-11(6-12)7-13(9)5-10/h8-9H,3-7H2,1-2H3. The lowest BCUT2D eigenvalue weighted by molar-refractivity contribution is -0.240. The average molecular weight is 182 g/mol. The van der Waals surface area contributed by atoms with Gasteiger partial charge in [0.25, 0.3) is 0 Å². The zero-order valence-electron chi connectivity index (χ0n) is 8.48. The normalized spacial score (nSPS) is 53.3. The van der Waals surface area contributed by atoms with E-state index in [0.717, 1.165) is 5.92 Å². The van der Waals surface area contributed by atoms with E-state index in [4.69, 9.17) is 0 Å². The van der Waals surface area contributed by atoms with Gasteiger partial charge in [0.05, 0.1) is 39.5 Å². The van der Waals surface area contributed by atoms with Crippen LogP contribution < -0.4 is 0 Å². The summed E-state index contributed by atoms with van der Waals surface area (Å²) in [7, 11) is 0. The first-order chi connectivity index (χ1) is 6.24. The van der Waals surface area contributed by atoms with Crippen LogP contribution >= 0.6 is 0 Å². The molecule has 74 valence electrons. The first-order valence-electron chi connectivity index (χ1n) is 5.17. The second kappa shape index (κ2) is 2.67. The Labute approximate surface area is 79.7 Å². The Balaban J connectivity index is 1.85. The monoisotopic (exact) mass is 182 g/mol. The van der Waals surface area contributed by atoms with E-state index in [1.54, 1.807) is 0 Å². The average Bonchev–Trinajstić information content (AvgIpc) is 2.00. The van der Waals surface area contributed by atoms with Crippen molar-refractivity contribution in [3.05, 3.63) is 0 Å². The Bertz CT molecular complexity index is 188. The summed E-state index contributed by atoms with van der Waals surface area (Å²) < 4.78 is 0. The zero-order chi connectivity index (χ0) is 9.00. The van der Waals surface area contributed by atoms with Crippen LogP contribution in [0.5, 0.6) is 0 Å². The third-order valence-electron chi connectivity index (χ3n) is 3.27. The highest BCUT2D eigenvalue weighted by molar-refractivity contribution is 4.88. The minimum atomic E-state index is 0.688. The van der Waals surface area contributed by atoms with E-state index >= 15 is 0 Å². The van der Waals surface area contributed by atoms with E-state index in [9.17, 15) is 0 Å². The Kier molecular flexibility index (Phi) is 1.68. The van der Waals surface area contributed by atoms with Crippen LogP contribution in [0.1, 0.15) is 13.8 Å². The molecule has 0 aromatic rings. The van der Waals surface area contributed by atoms with Gasteiger partial charge in [-0.25, -0.2) is 0 Å². The molecule has 0 unspecified atom stereocenters. The van der Waals surface area contributed by atoms with Crippen molar-refractivity contribution in [2.45, 2.75) is 20.0 Å². The van der Waals surface area contributed by atoms with Crippen LogP contribution in [0.15, 0.2) is 0 Å². The highest BCUT2D eigenvalue weighted by Crippen LogP contribution is 2.29. The summed E-state index contributed by atoms with van der Waals surface area (Å²) in [5, 5.41) is 0. The Hall–Kier alpha value is -0.160. The Morgan fingerprint density at radius 2 is 1.31 bits per heavy atom. The zero-order valence-corrected chi connectivity index (χ0v) is 8.48. The molecule has 0 radical (unpaired) electrons. The van der Waals surface area contributed by atoms with Crippen LogP contribution in [-0.4, -0.2) is 59.1 Å². The lowest BCUT2D eigenvalue weighted by Gasteiger charge is -2.61. The van der Waals surface area contributed by atoms with Crippen molar-refractivity contribution in [1.29, 1.82) is 0 Å². The minimum absolute atomic E-state index is 0.688. The second-order valence-electron chi connectivity index (χ2n) is 4.88. The van der Waals surface area contributed by atoms with E-state index in [-0.39, 0.29) is 0 Å². The molecule has 4 nitrogen and oxygen atoms in total. The van der Waals surface area contributed by atoms with Crippen LogP contribution in [-0.2, 0) is 0 Å². The SMILES string of the molecule is CC(C)C1N2CN3CN(C2)CN1C3. The van der Waals surface area contributed by atoms with Crippen LogP contribution in [0.4, 0.5) is 0 Å². The molecule has 4 saturated heterocycles. The van der Waals surface area contributed by atoms with Gasteiger partial charge in [-0.05, 0) is 5.92 Å². The van der Waals surface area contributed by atoms with Gasteiger partial charge < -0.3 is 0 Å². The molecule has 0 saturated carbocycles. The van der Waals surface area contributed by atoms with Crippen molar-refractivity contribution in [2.75, 3.05) is 33.3 Å². The van der Waals surface area contributed by atoms with Crippen molar-refractivity contribution in [3.63, 3.8) is 0 Å². The highest BCUT2D eigenvalue weighted by atomic mass is 15.7. The number of nitrogens with zero attached hydrogens (tertiary/aromatic N) is 4. The molecule has 4 aliphatic heterocycles. The molecule has 4 heteroatoms. The first-order valence-corrected chi connectivity index (χ1v) is 5.17. The summed E-state index contributed by atoms with van der Waals surface area (Å²) >= 11 is 0. The summed E-state index contributed by atoms with van der Waals surface area (Å²) in [6.07, 6.45) is 0.688. The molecule has 4 rings (SSSR count). The molecule has 0 aliphatic carbocycles. The van der Waals surface area contributed by atoms with Gasteiger partial charge in [0.2, 0.25) is 0 Å². The smallest absolute Gasteiger partial charge is 0.0690 e. The molecule has 0 spiro atoms. The third-order valence-corrected chi connectivity index (χ3v) is 3.27. The maximum atomic E-state index is 2.58. The van der Waals surface area contributed by atoms with Crippen molar-refractivity contribution in [2.24, 2.45) is 5.92 Å². The highest BCUT2D eigenvalue weighted by Gasteiger charge is 2.44. The molecule has 0 aromatic carbocycles. The van der Waals surface area contributed by atoms with E-state index in [0.29, 0.717) is 6.17 Å². The first kappa shape index (κ1) is 8.17. The topological polar surface area (TPSA) is 13.0 Å². The van der Waals surface area contributed by atoms with Gasteiger partial charge in [0, 0.05) is 0 Å². The lowest BCUT2D eigenvalue weighted by Crippen LogP contribution is -2.76. The third kappa shape index (κ3) is 1.13. The summed E-state index contributed by atoms with van der Waals surface area (Å²) in [6, 6.07) is 0. The molecule has 0 N–H and O–H groups in total. The summed E-state index contributed by atoms with van der Waals surface area (Å²) in [6.45, 7) is 10.5. The minimum Gasteiger partial charge on any atom is -0.264 e. The van der Waals surface area contributed by atoms with E-state index in [1.165, 1.54) is 33.3 Å². The predicted molar refractivity (Wildman–Crippen MR) is 50.3 cm³/mol. The van der Waals surface area contributed by atoms with E-state index in [1.807, 2.05) is 0 Å². The van der Waals surface area contributed by atoms with Crippen LogP contribution in [0, 0.1) is 5.92 Å². The Morgan fingerprint density at radius 3 is 1.69 bits per heavy atom. The fraction of sp³-hybridized carbons (Fsp3) is 1.00. The quantitative estimate of drug-likeness (QED) is 0.566. The molecular weight excluding hydrogens is 164 g/mol. The fourth-order valence-corrected chi connectivity index (χ4v) is 3.08. The van der Waals surface area contributed by atoms with Gasteiger partial charge in [-0.3, -0.25) is 19.6 Å². The van der Waals surface area contributed by atoms with Crippen LogP contribution in [0.3, 0.4) is 0 Å². The second-order valence-corrected chi connectivity index (χ2v) is 4.88. The largest absolute Gasteiger partial charge is 0.264 e. The molecule has 4 bridgehead atoms. The van der Waals surface area contributed by atoms with Gasteiger partial charge in [0.1, 0.15) is 0 Å². The van der Waals surface area contributed by atoms with Gasteiger partial charge in [0.15, 0.2) is 0 Å². The molecule has 4 fully saturated rings. The van der Waals surface area contributed by atoms with Crippen molar-refractivity contribution >= 4 is 0 Å². The Morgan fingerprint density at radius 1 is 0.846 bits per heavy atom. The van der Waals surface area contributed by atoms with Crippen LogP contribution in [0.25, 0.3) is 0 Å². The van der Waals surface area contributed by atoms with Crippen molar-refractivity contribution in [3.8, 4) is 0 Å². The van der Waals surface area contributed by atoms with Gasteiger partial charge >= 0.3 is 0 Å². The number of rotatable bonds is 1.